The third-order valence-electron chi connectivity index (χ3n) is 12.7. The first kappa shape index (κ1) is 44.9. The number of ether oxygens (including phenoxy) is 1. The Labute approximate surface area is 405 Å². The number of carbonyl (C=O) groups excluding carboxylic acids is 2. The molecule has 0 fully saturated rings. The van der Waals surface area contributed by atoms with Crippen LogP contribution in [0.1, 0.15) is 85.7 Å². The second kappa shape index (κ2) is 19.4. The summed E-state index contributed by atoms with van der Waals surface area (Å²) in [5, 5.41) is 30.4. The number of fused-ring (bicyclic) bond motifs is 4. The summed E-state index contributed by atoms with van der Waals surface area (Å²) in [5.41, 5.74) is 15.2. The molecule has 4 aromatic carbocycles. The van der Waals surface area contributed by atoms with E-state index < -0.39 is 11.9 Å². The number of rotatable bonds is 8. The first-order valence-corrected chi connectivity index (χ1v) is 24.5. The summed E-state index contributed by atoms with van der Waals surface area (Å²) in [6, 6.07) is 32.1. The van der Waals surface area contributed by atoms with Gasteiger partial charge in [0.25, 0.3) is 5.91 Å². The number of nitrogens with one attached hydrogen (secondary N) is 4. The zero-order valence-electron chi connectivity index (χ0n) is 37.5. The molecule has 0 saturated carbocycles. The molecule has 0 bridgehead atoms. The highest BCUT2D eigenvalue weighted by Gasteiger charge is 2.29. The number of thiazole rings is 2. The molecule has 6 N–H and O–H groups in total. The van der Waals surface area contributed by atoms with Gasteiger partial charge in [0, 0.05) is 61.2 Å². The SMILES string of the molecule is COc1[nH]c(C(=O)O)c2c1CCCC2.O=C1Cc2cc(-c3csc(-c4ccccc4)n3)ccc2N1.O=C1Nc2ccc(-c3csc(-c4ccccc4)n3)cc2/C1=C/c1[nH]c(C(=O)O)c2c1CCCC2. The Balaban J connectivity index is 0.000000134. The van der Waals surface area contributed by atoms with Crippen molar-refractivity contribution in [3.05, 3.63) is 158 Å². The first-order valence-electron chi connectivity index (χ1n) is 22.7. The van der Waals surface area contributed by atoms with E-state index in [2.05, 4.69) is 44.2 Å². The lowest BCUT2D eigenvalue weighted by Crippen LogP contribution is -2.06. The normalized spacial score (nSPS) is 14.8. The number of hydrogen-bond donors (Lipinski definition) is 6. The Bertz CT molecular complexity index is 3310. The van der Waals surface area contributed by atoms with E-state index >= 15 is 0 Å². The number of nitrogens with zero attached hydrogens (tertiary/aromatic N) is 2. The fourth-order valence-electron chi connectivity index (χ4n) is 9.39. The van der Waals surface area contributed by atoms with Crippen LogP contribution in [0, 0.1) is 0 Å². The van der Waals surface area contributed by atoms with Crippen molar-refractivity contribution in [1.82, 2.24) is 19.9 Å². The third kappa shape index (κ3) is 9.26. The highest BCUT2D eigenvalue weighted by molar-refractivity contribution is 7.13. The fourth-order valence-corrected chi connectivity index (χ4v) is 11.1. The quantitative estimate of drug-likeness (QED) is 0.0802. The van der Waals surface area contributed by atoms with Gasteiger partial charge in [0.15, 0.2) is 5.88 Å². The van der Waals surface area contributed by atoms with Crippen LogP contribution in [0.3, 0.4) is 0 Å². The maximum absolute atomic E-state index is 12.9. The van der Waals surface area contributed by atoms with Crippen LogP contribution in [0.2, 0.25) is 0 Å². The van der Waals surface area contributed by atoms with Crippen LogP contribution < -0.4 is 15.4 Å². The van der Waals surface area contributed by atoms with Gasteiger partial charge >= 0.3 is 11.9 Å². The molecule has 2 aliphatic heterocycles. The van der Waals surface area contributed by atoms with Gasteiger partial charge in [0.05, 0.1) is 30.5 Å². The van der Waals surface area contributed by atoms with Crippen LogP contribution in [-0.2, 0) is 41.7 Å². The predicted molar refractivity (Wildman–Crippen MR) is 270 cm³/mol. The number of hydrogen-bond acceptors (Lipinski definition) is 9. The number of carboxylic acids is 2. The van der Waals surface area contributed by atoms with Gasteiger partial charge in [-0.1, -0.05) is 72.8 Å². The first-order chi connectivity index (χ1) is 33.6. The second-order valence-corrected chi connectivity index (χ2v) is 18.8. The van der Waals surface area contributed by atoms with E-state index in [0.717, 1.165) is 145 Å². The molecule has 8 aromatic rings. The van der Waals surface area contributed by atoms with Gasteiger partial charge in [-0.3, -0.25) is 9.59 Å². The van der Waals surface area contributed by atoms with Gasteiger partial charge in [-0.15, -0.1) is 22.7 Å². The predicted octanol–water partition coefficient (Wildman–Crippen LogP) is 11.4. The Hall–Kier alpha value is -7.88. The molecule has 12 rings (SSSR count). The Morgan fingerprint density at radius 2 is 1.16 bits per heavy atom. The van der Waals surface area contributed by atoms with Gasteiger partial charge in [-0.2, -0.15) is 0 Å². The molecule has 2 aliphatic carbocycles. The average molecular weight is 955 g/mol. The molecule has 0 radical (unpaired) electrons. The summed E-state index contributed by atoms with van der Waals surface area (Å²) in [7, 11) is 1.56. The monoisotopic (exact) mass is 954 g/mol. The molecule has 69 heavy (non-hydrogen) atoms. The van der Waals surface area contributed by atoms with Crippen LogP contribution in [0.25, 0.3) is 55.3 Å². The molecule has 4 aromatic heterocycles. The van der Waals surface area contributed by atoms with Crippen molar-refractivity contribution >= 4 is 69.5 Å². The number of carboxylic acid groups (broad SMARTS) is 2. The molecular weight excluding hydrogens is 909 g/mol. The number of aromatic nitrogens is 4. The van der Waals surface area contributed by atoms with E-state index in [1.165, 1.54) is 0 Å². The Morgan fingerprint density at radius 3 is 1.75 bits per heavy atom. The van der Waals surface area contributed by atoms with E-state index in [1.807, 2.05) is 84.2 Å². The number of carbonyl (C=O) groups is 4. The van der Waals surface area contributed by atoms with Crippen molar-refractivity contribution in [2.75, 3.05) is 17.7 Å². The van der Waals surface area contributed by atoms with E-state index in [4.69, 9.17) is 19.8 Å². The number of methoxy groups -OCH3 is 1. The average Bonchev–Trinajstić information content (AvgIpc) is 4.25. The van der Waals surface area contributed by atoms with Crippen molar-refractivity contribution in [1.29, 1.82) is 0 Å². The van der Waals surface area contributed by atoms with Crippen molar-refractivity contribution < 1.29 is 34.1 Å². The molecule has 2 amide bonds. The molecular formula is C54H46N6O7S2. The minimum Gasteiger partial charge on any atom is -0.482 e. The molecule has 0 atom stereocenters. The Morgan fingerprint density at radius 1 is 0.623 bits per heavy atom. The summed E-state index contributed by atoms with van der Waals surface area (Å²) in [6.07, 6.45) is 9.75. The van der Waals surface area contributed by atoms with Gasteiger partial charge < -0.3 is 35.6 Å². The lowest BCUT2D eigenvalue weighted by atomic mass is 9.91. The fraction of sp³-hybridized carbons (Fsp3) is 0.185. The van der Waals surface area contributed by atoms with Gasteiger partial charge in [-0.05, 0) is 104 Å². The number of aromatic carboxylic acids is 2. The van der Waals surface area contributed by atoms with Crippen molar-refractivity contribution in [2.24, 2.45) is 0 Å². The third-order valence-corrected chi connectivity index (χ3v) is 14.5. The molecule has 4 aliphatic rings. The lowest BCUT2D eigenvalue weighted by Gasteiger charge is -2.12. The Kier molecular flexibility index (Phi) is 12.6. The molecule has 0 spiro atoms. The van der Waals surface area contributed by atoms with E-state index in [0.29, 0.717) is 23.6 Å². The zero-order chi connectivity index (χ0) is 47.6. The molecule has 0 unspecified atom stereocenters. The molecule has 6 heterocycles. The summed E-state index contributed by atoms with van der Waals surface area (Å²) >= 11 is 3.22. The number of amides is 2. The van der Waals surface area contributed by atoms with E-state index in [1.54, 1.807) is 35.9 Å². The minimum atomic E-state index is -0.959. The summed E-state index contributed by atoms with van der Waals surface area (Å²) in [6.45, 7) is 0. The summed E-state index contributed by atoms with van der Waals surface area (Å²) in [4.78, 5) is 62.3. The van der Waals surface area contributed by atoms with Gasteiger partial charge in [0.2, 0.25) is 5.91 Å². The zero-order valence-corrected chi connectivity index (χ0v) is 39.1. The van der Waals surface area contributed by atoms with Crippen LogP contribution in [0.4, 0.5) is 11.4 Å². The van der Waals surface area contributed by atoms with Crippen molar-refractivity contribution in [3.8, 4) is 49.5 Å². The van der Waals surface area contributed by atoms with Crippen LogP contribution in [0.5, 0.6) is 5.88 Å². The summed E-state index contributed by atoms with van der Waals surface area (Å²) < 4.78 is 5.12. The lowest BCUT2D eigenvalue weighted by molar-refractivity contribution is -0.115. The maximum atomic E-state index is 12.9. The number of aromatic amines is 2. The van der Waals surface area contributed by atoms with Crippen LogP contribution in [-0.4, -0.2) is 61.0 Å². The minimum absolute atomic E-state index is 0.0606. The van der Waals surface area contributed by atoms with E-state index in [-0.39, 0.29) is 17.5 Å². The van der Waals surface area contributed by atoms with Crippen LogP contribution in [0.15, 0.2) is 108 Å². The maximum Gasteiger partial charge on any atom is 0.352 e. The number of benzene rings is 4. The van der Waals surface area contributed by atoms with E-state index in [9.17, 15) is 24.3 Å². The van der Waals surface area contributed by atoms with Crippen LogP contribution >= 0.6 is 22.7 Å². The molecule has 13 nitrogen and oxygen atoms in total. The largest absolute Gasteiger partial charge is 0.482 e. The smallest absolute Gasteiger partial charge is 0.352 e. The topological polar surface area (TPSA) is 199 Å². The molecule has 346 valence electrons. The molecule has 15 heteroatoms. The highest BCUT2D eigenvalue weighted by atomic mass is 32.1. The number of H-pyrrole nitrogens is 2. The highest BCUT2D eigenvalue weighted by Crippen LogP contribution is 2.40. The summed E-state index contributed by atoms with van der Waals surface area (Å²) in [5.74, 6) is -1.36. The second-order valence-electron chi connectivity index (χ2n) is 17.1. The standard InChI is InChI=1S/C27H21N3O3S.C17H12N2OS.C10H13NO3/c31-25-20(13-22-17-8-4-5-9-18(17)24(28-22)27(32)33)19-12-16(10-11-21(19)29-25)23-14-34-26(30-23)15-6-2-1-3-7-15;20-16-9-13-8-12(6-7-14(13)18-16)15-10-21-17(19-15)11-4-2-1-3-5-11;1-14-9-7-5-3-2-4-6(7)8(11-9)10(12)13/h1-3,6-7,10-14,28H,4-5,8-9H2,(H,29,31)(H,32,33);1-8,10H,9H2,(H,18,20);11H,2-5H2,1H3,(H,12,13)/b20-13-;;. The number of anilines is 2. The van der Waals surface area contributed by atoms with Gasteiger partial charge in [-0.25, -0.2) is 19.6 Å². The van der Waals surface area contributed by atoms with Gasteiger partial charge in [0.1, 0.15) is 21.4 Å². The van der Waals surface area contributed by atoms with Crippen molar-refractivity contribution in [3.63, 3.8) is 0 Å². The van der Waals surface area contributed by atoms with Crippen molar-refractivity contribution in [2.45, 2.75) is 57.8 Å². The molecule has 0 saturated heterocycles.